The van der Waals surface area contributed by atoms with E-state index in [0.29, 0.717) is 18.0 Å². The van der Waals surface area contributed by atoms with Crippen molar-refractivity contribution in [3.63, 3.8) is 0 Å². The Bertz CT molecular complexity index is 629. The number of hydrogen-bond acceptors (Lipinski definition) is 2. The van der Waals surface area contributed by atoms with Gasteiger partial charge in [0.2, 0.25) is 0 Å². The van der Waals surface area contributed by atoms with E-state index in [9.17, 15) is 4.79 Å². The van der Waals surface area contributed by atoms with Crippen LogP contribution in [0.2, 0.25) is 5.02 Å². The first-order valence-corrected chi connectivity index (χ1v) is 7.25. The summed E-state index contributed by atoms with van der Waals surface area (Å²) in [4.78, 5) is 14.2. The number of amides is 1. The highest BCUT2D eigenvalue weighted by molar-refractivity contribution is 6.30. The summed E-state index contributed by atoms with van der Waals surface area (Å²) in [6, 6.07) is 15.3. The lowest BCUT2D eigenvalue weighted by atomic mass is 10.1. The molecule has 4 heteroatoms. The third kappa shape index (κ3) is 3.03. The summed E-state index contributed by atoms with van der Waals surface area (Å²) < 4.78 is 5.73. The van der Waals surface area contributed by atoms with Crippen LogP contribution in [0.1, 0.15) is 11.1 Å². The largest absolute Gasteiger partial charge is 0.480 e. The quantitative estimate of drug-likeness (QED) is 0.870. The molecule has 21 heavy (non-hydrogen) atoms. The smallest absolute Gasteiger partial charge is 0.264 e. The van der Waals surface area contributed by atoms with Crippen molar-refractivity contribution in [1.82, 2.24) is 4.90 Å². The Hall–Kier alpha value is -2.00. The molecule has 0 N–H and O–H groups in total. The lowest BCUT2D eigenvalue weighted by molar-refractivity contribution is -0.137. The van der Waals surface area contributed by atoms with Crippen molar-refractivity contribution >= 4 is 17.5 Å². The second kappa shape index (κ2) is 5.78. The number of carbonyl (C=O) groups excluding carboxylic acids is 1. The fourth-order valence-electron chi connectivity index (χ4n) is 2.51. The van der Waals surface area contributed by atoms with Gasteiger partial charge in [-0.3, -0.25) is 4.79 Å². The Balaban J connectivity index is 1.65. The van der Waals surface area contributed by atoms with Crippen molar-refractivity contribution in [2.75, 3.05) is 7.05 Å². The summed E-state index contributed by atoms with van der Waals surface area (Å²) in [5.41, 5.74) is 2.14. The molecule has 0 bridgehead atoms. The third-order valence-corrected chi connectivity index (χ3v) is 3.88. The lowest BCUT2D eigenvalue weighted by Crippen LogP contribution is -2.38. The average molecular weight is 302 g/mol. The zero-order valence-corrected chi connectivity index (χ0v) is 12.5. The second-order valence-electron chi connectivity index (χ2n) is 5.24. The number of halogens is 1. The van der Waals surface area contributed by atoms with Gasteiger partial charge in [0, 0.05) is 25.0 Å². The van der Waals surface area contributed by atoms with Crippen molar-refractivity contribution in [3.05, 3.63) is 64.7 Å². The molecule has 0 aliphatic carbocycles. The van der Waals surface area contributed by atoms with Crippen LogP contribution in [0, 0.1) is 0 Å². The Kier molecular flexibility index (Phi) is 3.84. The van der Waals surface area contributed by atoms with Crippen molar-refractivity contribution < 1.29 is 9.53 Å². The first-order valence-electron chi connectivity index (χ1n) is 6.87. The van der Waals surface area contributed by atoms with E-state index < -0.39 is 6.10 Å². The number of ether oxygens (including phenoxy) is 1. The van der Waals surface area contributed by atoms with Crippen molar-refractivity contribution in [3.8, 4) is 5.75 Å². The Morgan fingerprint density at radius 3 is 2.67 bits per heavy atom. The summed E-state index contributed by atoms with van der Waals surface area (Å²) in [5.74, 6) is 0.817. The number of rotatable bonds is 3. The molecule has 1 unspecified atom stereocenters. The van der Waals surface area contributed by atoms with Gasteiger partial charge < -0.3 is 9.64 Å². The SMILES string of the molecule is CN(Cc1ccc(Cl)cc1)C(=O)C1Cc2ccccc2O1. The maximum absolute atomic E-state index is 12.5. The summed E-state index contributed by atoms with van der Waals surface area (Å²) in [7, 11) is 1.79. The number of hydrogen-bond donors (Lipinski definition) is 0. The molecule has 2 aromatic rings. The molecule has 0 saturated carbocycles. The van der Waals surface area contributed by atoms with Gasteiger partial charge in [0.15, 0.2) is 6.10 Å². The number of benzene rings is 2. The van der Waals surface area contributed by atoms with Crippen molar-refractivity contribution in [2.45, 2.75) is 19.1 Å². The average Bonchev–Trinajstić information content (AvgIpc) is 2.92. The molecule has 2 aromatic carbocycles. The Morgan fingerprint density at radius 2 is 1.95 bits per heavy atom. The molecule has 108 valence electrons. The molecule has 1 heterocycles. The standard InChI is InChI=1S/C17H16ClNO2/c1-19(11-12-6-8-14(18)9-7-12)17(20)16-10-13-4-2-3-5-15(13)21-16/h2-9,16H,10-11H2,1H3. The molecular formula is C17H16ClNO2. The molecule has 0 spiro atoms. The topological polar surface area (TPSA) is 29.5 Å². The molecule has 3 nitrogen and oxygen atoms in total. The van der Waals surface area contributed by atoms with E-state index in [4.69, 9.17) is 16.3 Å². The van der Waals surface area contributed by atoms with Gasteiger partial charge >= 0.3 is 0 Å². The molecule has 1 atom stereocenters. The van der Waals surface area contributed by atoms with E-state index in [0.717, 1.165) is 16.9 Å². The summed E-state index contributed by atoms with van der Waals surface area (Å²) in [5, 5.41) is 0.697. The molecular weight excluding hydrogens is 286 g/mol. The Labute approximate surface area is 129 Å². The summed E-state index contributed by atoms with van der Waals surface area (Å²) in [6.07, 6.45) is 0.222. The minimum absolute atomic E-state index is 0.00106. The summed E-state index contributed by atoms with van der Waals surface area (Å²) in [6.45, 7) is 0.548. The molecule has 0 saturated heterocycles. The van der Waals surface area contributed by atoms with Crippen LogP contribution in [0.3, 0.4) is 0 Å². The van der Waals surface area contributed by atoms with Gasteiger partial charge in [0.25, 0.3) is 5.91 Å². The monoisotopic (exact) mass is 301 g/mol. The highest BCUT2D eigenvalue weighted by Crippen LogP contribution is 2.29. The number of carbonyl (C=O) groups is 1. The zero-order chi connectivity index (χ0) is 14.8. The van der Waals surface area contributed by atoms with Crippen LogP contribution in [-0.2, 0) is 17.8 Å². The van der Waals surface area contributed by atoms with Crippen LogP contribution in [-0.4, -0.2) is 24.0 Å². The number of para-hydroxylation sites is 1. The molecule has 1 aliphatic heterocycles. The third-order valence-electron chi connectivity index (χ3n) is 3.63. The molecule has 3 rings (SSSR count). The fraction of sp³-hybridized carbons (Fsp3) is 0.235. The van der Waals surface area contributed by atoms with E-state index in [1.165, 1.54) is 0 Å². The highest BCUT2D eigenvalue weighted by atomic mass is 35.5. The van der Waals surface area contributed by atoms with Crippen molar-refractivity contribution in [2.24, 2.45) is 0 Å². The van der Waals surface area contributed by atoms with E-state index in [1.54, 1.807) is 11.9 Å². The predicted octanol–water partition coefficient (Wildman–Crippen LogP) is 3.30. The first-order chi connectivity index (χ1) is 10.1. The number of likely N-dealkylation sites (N-methyl/N-ethyl adjacent to an activating group) is 1. The zero-order valence-electron chi connectivity index (χ0n) is 11.8. The highest BCUT2D eigenvalue weighted by Gasteiger charge is 2.30. The van der Waals surface area contributed by atoms with Gasteiger partial charge in [-0.05, 0) is 29.3 Å². The maximum atomic E-state index is 12.5. The predicted molar refractivity (Wildman–Crippen MR) is 82.5 cm³/mol. The van der Waals surface area contributed by atoms with E-state index >= 15 is 0 Å². The lowest BCUT2D eigenvalue weighted by Gasteiger charge is -2.21. The van der Waals surface area contributed by atoms with Crippen molar-refractivity contribution in [1.29, 1.82) is 0 Å². The second-order valence-corrected chi connectivity index (χ2v) is 5.68. The van der Waals surface area contributed by atoms with Gasteiger partial charge in [-0.25, -0.2) is 0 Å². The van der Waals surface area contributed by atoms with E-state index in [2.05, 4.69) is 0 Å². The van der Waals surface area contributed by atoms with Gasteiger partial charge in [-0.1, -0.05) is 41.9 Å². The number of nitrogens with zero attached hydrogens (tertiary/aromatic N) is 1. The van der Waals surface area contributed by atoms with Crippen LogP contribution < -0.4 is 4.74 Å². The van der Waals surface area contributed by atoms with E-state index in [-0.39, 0.29) is 5.91 Å². The van der Waals surface area contributed by atoms with Crippen LogP contribution >= 0.6 is 11.6 Å². The normalized spacial score (nSPS) is 16.2. The maximum Gasteiger partial charge on any atom is 0.264 e. The molecule has 0 aromatic heterocycles. The van der Waals surface area contributed by atoms with Gasteiger partial charge in [0.1, 0.15) is 5.75 Å². The Morgan fingerprint density at radius 1 is 1.24 bits per heavy atom. The van der Waals surface area contributed by atoms with Crippen LogP contribution in [0.15, 0.2) is 48.5 Å². The van der Waals surface area contributed by atoms with Crippen LogP contribution in [0.4, 0.5) is 0 Å². The molecule has 0 fully saturated rings. The minimum atomic E-state index is -0.417. The van der Waals surface area contributed by atoms with Gasteiger partial charge in [-0.2, -0.15) is 0 Å². The fourth-order valence-corrected chi connectivity index (χ4v) is 2.63. The molecule has 1 amide bonds. The first kappa shape index (κ1) is 14.0. The minimum Gasteiger partial charge on any atom is -0.480 e. The molecule has 1 aliphatic rings. The summed E-state index contributed by atoms with van der Waals surface area (Å²) >= 11 is 5.87. The van der Waals surface area contributed by atoms with Gasteiger partial charge in [0.05, 0.1) is 0 Å². The van der Waals surface area contributed by atoms with Crippen LogP contribution in [0.5, 0.6) is 5.75 Å². The number of fused-ring (bicyclic) bond motifs is 1. The van der Waals surface area contributed by atoms with E-state index in [1.807, 2.05) is 48.5 Å². The van der Waals surface area contributed by atoms with Crippen LogP contribution in [0.25, 0.3) is 0 Å². The molecule has 0 radical (unpaired) electrons. The van der Waals surface area contributed by atoms with Gasteiger partial charge in [-0.15, -0.1) is 0 Å².